The van der Waals surface area contributed by atoms with E-state index in [4.69, 9.17) is 0 Å². The summed E-state index contributed by atoms with van der Waals surface area (Å²) in [6.07, 6.45) is 3.89. The van der Waals surface area contributed by atoms with E-state index >= 15 is 0 Å². The summed E-state index contributed by atoms with van der Waals surface area (Å²) in [5.74, 6) is 0. The van der Waals surface area contributed by atoms with Gasteiger partial charge >= 0.3 is 0 Å². The van der Waals surface area contributed by atoms with Gasteiger partial charge in [-0.15, -0.1) is 0 Å². The molecule has 1 aliphatic rings. The van der Waals surface area contributed by atoms with Crippen LogP contribution in [-0.2, 0) is 10.2 Å². The quantitative estimate of drug-likeness (QED) is 0.675. The van der Waals surface area contributed by atoms with E-state index in [2.05, 4.69) is 17.1 Å². The minimum Gasteiger partial charge on any atom is -0.315 e. The lowest BCUT2D eigenvalue weighted by molar-refractivity contribution is 0.230. The Morgan fingerprint density at radius 3 is 2.52 bits per heavy atom. The van der Waals surface area contributed by atoms with Gasteiger partial charge in [0.1, 0.15) is 0 Å². The van der Waals surface area contributed by atoms with Gasteiger partial charge in [-0.3, -0.25) is 0 Å². The highest BCUT2D eigenvalue weighted by atomic mass is 32.2. The summed E-state index contributed by atoms with van der Waals surface area (Å²) in [7, 11) is 2.38. The molecule has 0 spiro atoms. The monoisotopic (exact) mass is 320 g/mol. The van der Waals surface area contributed by atoms with Gasteiger partial charge in [-0.2, -0.15) is 17.0 Å². The summed E-state index contributed by atoms with van der Waals surface area (Å²) in [5, 5.41) is 3.29. The van der Waals surface area contributed by atoms with Crippen molar-refractivity contribution in [3.63, 3.8) is 0 Å². The number of piperidine rings is 1. The maximum atomic E-state index is 12.7. The van der Waals surface area contributed by atoms with Crippen molar-refractivity contribution in [2.45, 2.75) is 38.6 Å². The number of nitrogens with one attached hydrogen (secondary N) is 1. The molecule has 1 rings (SSSR count). The van der Waals surface area contributed by atoms with Gasteiger partial charge in [0.2, 0.25) is 0 Å². The third-order valence-corrected chi connectivity index (χ3v) is 6.02. The highest BCUT2D eigenvalue weighted by molar-refractivity contribution is 7.86. The maximum absolute atomic E-state index is 12.7. The number of nitrogens with zero attached hydrogens (tertiary/aromatic N) is 3. The third kappa shape index (κ3) is 5.83. The van der Waals surface area contributed by atoms with E-state index in [0.29, 0.717) is 13.1 Å². The highest BCUT2D eigenvalue weighted by Crippen LogP contribution is 2.21. The molecule has 126 valence electrons. The molecule has 0 amide bonds. The standard InChI is InChI=1S/C14H32N4O2S/c1-5-15-13-14-9-6-7-12-18(14)21(19,20)17(4)11-8-10-16(2)3/h14-15H,5-13H2,1-4H3. The van der Waals surface area contributed by atoms with Crippen LogP contribution < -0.4 is 5.32 Å². The van der Waals surface area contributed by atoms with Crippen LogP contribution in [-0.4, -0.2) is 81.8 Å². The van der Waals surface area contributed by atoms with Crippen molar-refractivity contribution in [2.24, 2.45) is 0 Å². The molecule has 0 radical (unpaired) electrons. The van der Waals surface area contributed by atoms with Crippen LogP contribution in [0.1, 0.15) is 32.6 Å². The van der Waals surface area contributed by atoms with E-state index < -0.39 is 10.2 Å². The average molecular weight is 321 g/mol. The van der Waals surface area contributed by atoms with Gasteiger partial charge in [0, 0.05) is 32.7 Å². The predicted molar refractivity (Wildman–Crippen MR) is 87.6 cm³/mol. The Kier molecular flexibility index (Phi) is 8.12. The molecule has 0 aromatic heterocycles. The van der Waals surface area contributed by atoms with Crippen LogP contribution in [0.2, 0.25) is 0 Å². The molecule has 7 heteroatoms. The smallest absolute Gasteiger partial charge is 0.282 e. The molecule has 1 saturated heterocycles. The molecule has 0 saturated carbocycles. The Morgan fingerprint density at radius 2 is 1.90 bits per heavy atom. The Labute approximate surface area is 130 Å². The molecular formula is C14H32N4O2S. The number of rotatable bonds is 9. The lowest BCUT2D eigenvalue weighted by Gasteiger charge is -2.37. The molecule has 21 heavy (non-hydrogen) atoms. The lowest BCUT2D eigenvalue weighted by atomic mass is 10.1. The van der Waals surface area contributed by atoms with Crippen molar-refractivity contribution in [1.29, 1.82) is 0 Å². The van der Waals surface area contributed by atoms with E-state index in [1.165, 1.54) is 4.31 Å². The fraction of sp³-hybridized carbons (Fsp3) is 1.00. The zero-order valence-corrected chi connectivity index (χ0v) is 14.8. The van der Waals surface area contributed by atoms with Crippen LogP contribution in [0, 0.1) is 0 Å². The van der Waals surface area contributed by atoms with Crippen molar-refractivity contribution in [1.82, 2.24) is 18.8 Å². The van der Waals surface area contributed by atoms with Crippen molar-refractivity contribution in [2.75, 3.05) is 53.9 Å². The SMILES string of the molecule is CCNCC1CCCCN1S(=O)(=O)N(C)CCCN(C)C. The molecular weight excluding hydrogens is 288 g/mol. The zero-order chi connectivity index (χ0) is 15.9. The zero-order valence-electron chi connectivity index (χ0n) is 14.0. The van der Waals surface area contributed by atoms with Crippen LogP contribution in [0.4, 0.5) is 0 Å². The van der Waals surface area contributed by atoms with Crippen LogP contribution in [0.3, 0.4) is 0 Å². The normalized spacial score (nSPS) is 21.3. The van der Waals surface area contributed by atoms with E-state index in [1.807, 2.05) is 14.1 Å². The minimum atomic E-state index is -3.33. The Hall–Kier alpha value is -0.210. The predicted octanol–water partition coefficient (Wildman–Crippen LogP) is 0.579. The second kappa shape index (κ2) is 9.05. The van der Waals surface area contributed by atoms with Crippen molar-refractivity contribution >= 4 is 10.2 Å². The van der Waals surface area contributed by atoms with Crippen LogP contribution in [0.15, 0.2) is 0 Å². The first-order valence-corrected chi connectivity index (χ1v) is 9.37. The number of hydrogen-bond donors (Lipinski definition) is 1. The summed E-state index contributed by atoms with van der Waals surface area (Å²) < 4.78 is 28.7. The molecule has 0 aliphatic carbocycles. The first-order chi connectivity index (χ1) is 9.89. The summed E-state index contributed by atoms with van der Waals surface area (Å²) >= 11 is 0. The first kappa shape index (κ1) is 18.8. The largest absolute Gasteiger partial charge is 0.315 e. The summed E-state index contributed by atoms with van der Waals surface area (Å²) in [6.45, 7) is 5.81. The Morgan fingerprint density at radius 1 is 1.19 bits per heavy atom. The molecule has 6 nitrogen and oxygen atoms in total. The fourth-order valence-electron chi connectivity index (χ4n) is 2.70. The lowest BCUT2D eigenvalue weighted by Crippen LogP contribution is -2.53. The van der Waals surface area contributed by atoms with E-state index in [1.54, 1.807) is 11.4 Å². The molecule has 1 unspecified atom stereocenters. The number of likely N-dealkylation sites (N-methyl/N-ethyl adjacent to an activating group) is 1. The van der Waals surface area contributed by atoms with E-state index in [9.17, 15) is 8.42 Å². The van der Waals surface area contributed by atoms with Gasteiger partial charge in [-0.05, 0) is 46.4 Å². The van der Waals surface area contributed by atoms with Crippen molar-refractivity contribution in [3.05, 3.63) is 0 Å². The first-order valence-electron chi connectivity index (χ1n) is 7.98. The summed E-state index contributed by atoms with van der Waals surface area (Å²) in [4.78, 5) is 2.08. The van der Waals surface area contributed by atoms with Gasteiger partial charge in [0.15, 0.2) is 0 Å². The van der Waals surface area contributed by atoms with Crippen LogP contribution in [0.5, 0.6) is 0 Å². The minimum absolute atomic E-state index is 0.0972. The number of hydrogen-bond acceptors (Lipinski definition) is 4. The molecule has 1 fully saturated rings. The molecule has 1 heterocycles. The molecule has 1 atom stereocenters. The molecule has 0 aromatic rings. The fourth-order valence-corrected chi connectivity index (χ4v) is 4.33. The average Bonchev–Trinajstić information content (AvgIpc) is 2.44. The molecule has 1 aliphatic heterocycles. The van der Waals surface area contributed by atoms with Gasteiger partial charge in [-0.25, -0.2) is 0 Å². The second-order valence-electron chi connectivity index (χ2n) is 6.05. The Bertz CT molecular complexity index is 386. The molecule has 0 aromatic carbocycles. The van der Waals surface area contributed by atoms with E-state index in [-0.39, 0.29) is 6.04 Å². The van der Waals surface area contributed by atoms with Gasteiger partial charge in [-0.1, -0.05) is 13.3 Å². The summed E-state index contributed by atoms with van der Waals surface area (Å²) in [5.41, 5.74) is 0. The van der Waals surface area contributed by atoms with Crippen LogP contribution in [0.25, 0.3) is 0 Å². The van der Waals surface area contributed by atoms with Gasteiger partial charge in [0.05, 0.1) is 0 Å². The third-order valence-electron chi connectivity index (χ3n) is 3.97. The van der Waals surface area contributed by atoms with E-state index in [0.717, 1.165) is 45.3 Å². The Balaban J connectivity index is 2.63. The summed E-state index contributed by atoms with van der Waals surface area (Å²) in [6, 6.07) is 0.0972. The topological polar surface area (TPSA) is 55.9 Å². The van der Waals surface area contributed by atoms with Gasteiger partial charge in [0.25, 0.3) is 10.2 Å². The van der Waals surface area contributed by atoms with Crippen molar-refractivity contribution < 1.29 is 8.42 Å². The molecule has 1 N–H and O–H groups in total. The van der Waals surface area contributed by atoms with Crippen molar-refractivity contribution in [3.8, 4) is 0 Å². The van der Waals surface area contributed by atoms with Crippen LogP contribution >= 0.6 is 0 Å². The maximum Gasteiger partial charge on any atom is 0.282 e. The highest BCUT2D eigenvalue weighted by Gasteiger charge is 2.34. The second-order valence-corrected chi connectivity index (χ2v) is 8.04. The van der Waals surface area contributed by atoms with Gasteiger partial charge < -0.3 is 10.2 Å². The molecule has 0 bridgehead atoms.